The number of hydrogen-bond donors (Lipinski definition) is 2. The van der Waals surface area contributed by atoms with Gasteiger partial charge in [-0.2, -0.15) is 4.98 Å². The van der Waals surface area contributed by atoms with Crippen LogP contribution in [-0.2, 0) is 6.42 Å². The van der Waals surface area contributed by atoms with Crippen molar-refractivity contribution in [3.8, 4) is 0 Å². The van der Waals surface area contributed by atoms with E-state index in [0.717, 1.165) is 44.6 Å². The van der Waals surface area contributed by atoms with E-state index in [-0.39, 0.29) is 0 Å². The Morgan fingerprint density at radius 1 is 1.19 bits per heavy atom. The maximum Gasteiger partial charge on any atom is 0.223 e. The van der Waals surface area contributed by atoms with Gasteiger partial charge in [-0.1, -0.05) is 18.0 Å². The quantitative estimate of drug-likeness (QED) is 0.617. The maximum absolute atomic E-state index is 8.60. The fourth-order valence-electron chi connectivity index (χ4n) is 1.48. The van der Waals surface area contributed by atoms with Crippen molar-refractivity contribution in [2.45, 2.75) is 39.0 Å². The molecule has 1 heterocycles. The summed E-state index contributed by atoms with van der Waals surface area (Å²) in [4.78, 5) is 4.12. The lowest BCUT2D eigenvalue weighted by atomic mass is 10.2. The van der Waals surface area contributed by atoms with Crippen LogP contribution in [0.2, 0.25) is 0 Å². The Bertz CT molecular complexity index is 276. The third-order valence-corrected chi connectivity index (χ3v) is 2.36. The molecule has 1 aromatic rings. The maximum atomic E-state index is 8.60. The van der Waals surface area contributed by atoms with Crippen LogP contribution in [0.4, 0.5) is 0 Å². The van der Waals surface area contributed by atoms with Crippen LogP contribution >= 0.6 is 0 Å². The number of nitrogens with one attached hydrogen (secondary N) is 1. The van der Waals surface area contributed by atoms with Crippen molar-refractivity contribution in [1.29, 1.82) is 0 Å². The topological polar surface area (TPSA) is 71.2 Å². The first kappa shape index (κ1) is 13.1. The van der Waals surface area contributed by atoms with Gasteiger partial charge in [0.2, 0.25) is 5.89 Å². The van der Waals surface area contributed by atoms with Gasteiger partial charge in [0.15, 0.2) is 5.82 Å². The van der Waals surface area contributed by atoms with Gasteiger partial charge in [0.05, 0.1) is 0 Å². The summed E-state index contributed by atoms with van der Waals surface area (Å²) in [6.45, 7) is 4.01. The van der Waals surface area contributed by atoms with Crippen molar-refractivity contribution < 1.29 is 9.63 Å². The van der Waals surface area contributed by atoms with Gasteiger partial charge >= 0.3 is 0 Å². The number of aliphatic hydroxyl groups is 1. The highest BCUT2D eigenvalue weighted by atomic mass is 16.5. The van der Waals surface area contributed by atoms with Crippen LogP contribution in [0.1, 0.15) is 37.4 Å². The van der Waals surface area contributed by atoms with Crippen molar-refractivity contribution in [2.75, 3.05) is 19.7 Å². The standard InChI is InChI=1S/C11H21N3O2/c1-10-13-11(14-16-10)6-8-12-7-4-2-3-5-9-15/h12,15H,2-9H2,1H3. The SMILES string of the molecule is Cc1nc(CCNCCCCCCO)no1. The lowest BCUT2D eigenvalue weighted by Crippen LogP contribution is -2.18. The predicted octanol–water partition coefficient (Wildman–Crippen LogP) is 1.06. The Balaban J connectivity index is 1.88. The number of aryl methyl sites for hydroxylation is 1. The summed E-state index contributed by atoms with van der Waals surface area (Å²) in [7, 11) is 0. The molecule has 2 N–H and O–H groups in total. The Kier molecular flexibility index (Phi) is 6.76. The molecule has 5 heteroatoms. The molecule has 16 heavy (non-hydrogen) atoms. The molecule has 0 aliphatic carbocycles. The van der Waals surface area contributed by atoms with Gasteiger partial charge in [-0.15, -0.1) is 0 Å². The molecule has 0 saturated heterocycles. The molecular weight excluding hydrogens is 206 g/mol. The number of hydrogen-bond acceptors (Lipinski definition) is 5. The third kappa shape index (κ3) is 5.82. The minimum Gasteiger partial charge on any atom is -0.396 e. The molecule has 1 rings (SSSR count). The summed E-state index contributed by atoms with van der Waals surface area (Å²) in [6, 6.07) is 0. The van der Waals surface area contributed by atoms with E-state index in [4.69, 9.17) is 9.63 Å². The van der Waals surface area contributed by atoms with Gasteiger partial charge in [0, 0.05) is 26.5 Å². The second kappa shape index (κ2) is 8.24. The van der Waals surface area contributed by atoms with E-state index >= 15 is 0 Å². The highest BCUT2D eigenvalue weighted by Gasteiger charge is 2.00. The molecule has 0 atom stereocenters. The van der Waals surface area contributed by atoms with E-state index in [0.29, 0.717) is 12.5 Å². The van der Waals surface area contributed by atoms with Crippen molar-refractivity contribution >= 4 is 0 Å². The Morgan fingerprint density at radius 2 is 2.00 bits per heavy atom. The predicted molar refractivity (Wildman–Crippen MR) is 61.2 cm³/mol. The molecule has 0 spiro atoms. The van der Waals surface area contributed by atoms with E-state index < -0.39 is 0 Å². The molecule has 0 fully saturated rings. The van der Waals surface area contributed by atoms with Gasteiger partial charge in [-0.05, 0) is 19.4 Å². The largest absolute Gasteiger partial charge is 0.396 e. The molecular formula is C11H21N3O2. The summed E-state index contributed by atoms with van der Waals surface area (Å²) in [5.41, 5.74) is 0. The minimum absolute atomic E-state index is 0.310. The van der Waals surface area contributed by atoms with Gasteiger partial charge < -0.3 is 14.9 Å². The molecule has 0 radical (unpaired) electrons. The van der Waals surface area contributed by atoms with E-state index in [1.54, 1.807) is 6.92 Å². The lowest BCUT2D eigenvalue weighted by Gasteiger charge is -2.02. The molecule has 0 aromatic carbocycles. The van der Waals surface area contributed by atoms with Gasteiger partial charge in [-0.25, -0.2) is 0 Å². The van der Waals surface area contributed by atoms with Crippen LogP contribution in [-0.4, -0.2) is 34.9 Å². The highest BCUT2D eigenvalue weighted by Crippen LogP contribution is 1.98. The fraction of sp³-hybridized carbons (Fsp3) is 0.818. The van der Waals surface area contributed by atoms with Crippen molar-refractivity contribution in [1.82, 2.24) is 15.5 Å². The van der Waals surface area contributed by atoms with Crippen LogP contribution in [0.3, 0.4) is 0 Å². The van der Waals surface area contributed by atoms with Crippen LogP contribution in [0.25, 0.3) is 0 Å². The molecule has 0 bridgehead atoms. The second-order valence-corrected chi connectivity index (χ2v) is 3.87. The zero-order valence-electron chi connectivity index (χ0n) is 9.91. The van der Waals surface area contributed by atoms with E-state index in [2.05, 4.69) is 15.5 Å². The average Bonchev–Trinajstić information content (AvgIpc) is 2.68. The fourth-order valence-corrected chi connectivity index (χ4v) is 1.48. The molecule has 1 aromatic heterocycles. The summed E-state index contributed by atoms with van der Waals surface area (Å²) in [5.74, 6) is 1.39. The normalized spacial score (nSPS) is 10.9. The summed E-state index contributed by atoms with van der Waals surface area (Å²) in [6.07, 6.45) is 5.18. The molecule has 0 saturated carbocycles. The third-order valence-electron chi connectivity index (χ3n) is 2.36. The van der Waals surface area contributed by atoms with E-state index in [1.165, 1.54) is 6.42 Å². The molecule has 92 valence electrons. The molecule has 0 unspecified atom stereocenters. The number of aromatic nitrogens is 2. The zero-order valence-corrected chi connectivity index (χ0v) is 9.91. The summed E-state index contributed by atoms with van der Waals surface area (Å²) in [5, 5.41) is 15.8. The zero-order chi connectivity index (χ0) is 11.6. The molecule has 0 amide bonds. The molecule has 0 aliphatic rings. The van der Waals surface area contributed by atoms with Crippen molar-refractivity contribution in [3.63, 3.8) is 0 Å². The number of aliphatic hydroxyl groups excluding tert-OH is 1. The lowest BCUT2D eigenvalue weighted by molar-refractivity contribution is 0.282. The second-order valence-electron chi connectivity index (χ2n) is 3.87. The van der Waals surface area contributed by atoms with Crippen LogP contribution in [0.5, 0.6) is 0 Å². The number of nitrogens with zero attached hydrogens (tertiary/aromatic N) is 2. The first-order valence-electron chi connectivity index (χ1n) is 5.93. The van der Waals surface area contributed by atoms with Crippen LogP contribution in [0, 0.1) is 6.92 Å². The smallest absolute Gasteiger partial charge is 0.223 e. The number of rotatable bonds is 9. The first-order chi connectivity index (χ1) is 7.83. The Labute approximate surface area is 96.2 Å². The van der Waals surface area contributed by atoms with E-state index in [9.17, 15) is 0 Å². The summed E-state index contributed by atoms with van der Waals surface area (Å²) < 4.78 is 4.87. The Hall–Kier alpha value is -0.940. The van der Waals surface area contributed by atoms with Crippen LogP contribution in [0.15, 0.2) is 4.52 Å². The van der Waals surface area contributed by atoms with Crippen molar-refractivity contribution in [2.24, 2.45) is 0 Å². The van der Waals surface area contributed by atoms with Gasteiger partial charge in [-0.3, -0.25) is 0 Å². The summed E-state index contributed by atoms with van der Waals surface area (Å²) >= 11 is 0. The van der Waals surface area contributed by atoms with Gasteiger partial charge in [0.1, 0.15) is 0 Å². The average molecular weight is 227 g/mol. The van der Waals surface area contributed by atoms with Gasteiger partial charge in [0.25, 0.3) is 0 Å². The first-order valence-corrected chi connectivity index (χ1v) is 5.93. The van der Waals surface area contributed by atoms with Crippen molar-refractivity contribution in [3.05, 3.63) is 11.7 Å². The highest BCUT2D eigenvalue weighted by molar-refractivity contribution is 4.84. The van der Waals surface area contributed by atoms with Crippen LogP contribution < -0.4 is 5.32 Å². The molecule has 0 aliphatic heterocycles. The number of unbranched alkanes of at least 4 members (excludes halogenated alkanes) is 3. The Morgan fingerprint density at radius 3 is 2.69 bits per heavy atom. The minimum atomic E-state index is 0.310. The van der Waals surface area contributed by atoms with E-state index in [1.807, 2.05) is 0 Å². The molecule has 5 nitrogen and oxygen atoms in total. The monoisotopic (exact) mass is 227 g/mol.